The van der Waals surface area contributed by atoms with Gasteiger partial charge in [-0.05, 0) is 13.1 Å². The molecule has 0 amide bonds. The van der Waals surface area contributed by atoms with Crippen molar-refractivity contribution in [2.24, 2.45) is 0 Å². The van der Waals surface area contributed by atoms with Crippen LogP contribution in [0.5, 0.6) is 5.75 Å². The summed E-state index contributed by atoms with van der Waals surface area (Å²) in [4.78, 5) is 11.7. The molecule has 16 heavy (non-hydrogen) atoms. The molecule has 0 atom stereocenters. The van der Waals surface area contributed by atoms with Crippen LogP contribution >= 0.6 is 0 Å². The molecule has 0 spiro atoms. The van der Waals surface area contributed by atoms with Gasteiger partial charge in [0.15, 0.2) is 0 Å². The first kappa shape index (κ1) is 11.9. The second-order valence-electron chi connectivity index (χ2n) is 3.40. The van der Waals surface area contributed by atoms with E-state index < -0.39 is 4.92 Å². The number of nitriles is 1. The van der Waals surface area contributed by atoms with E-state index in [9.17, 15) is 15.2 Å². The third kappa shape index (κ3) is 2.93. The highest BCUT2D eigenvalue weighted by Gasteiger charge is 2.11. The van der Waals surface area contributed by atoms with Gasteiger partial charge in [-0.3, -0.25) is 15.0 Å². The Kier molecular flexibility index (Phi) is 3.80. The van der Waals surface area contributed by atoms with Crippen LogP contribution in [0.4, 0.5) is 5.69 Å². The van der Waals surface area contributed by atoms with E-state index in [1.165, 1.54) is 18.2 Å². The number of hydrogen-bond acceptors (Lipinski definition) is 5. The number of nitro groups is 1. The average molecular weight is 221 g/mol. The van der Waals surface area contributed by atoms with E-state index in [-0.39, 0.29) is 18.0 Å². The number of phenolic OH excluding ortho intramolecular Hbond substituents is 1. The maximum atomic E-state index is 10.5. The summed E-state index contributed by atoms with van der Waals surface area (Å²) in [7, 11) is 1.70. The molecule has 0 heterocycles. The van der Waals surface area contributed by atoms with Crippen molar-refractivity contribution in [3.63, 3.8) is 0 Å². The molecule has 6 nitrogen and oxygen atoms in total. The van der Waals surface area contributed by atoms with Crippen molar-refractivity contribution in [1.82, 2.24) is 4.90 Å². The highest BCUT2D eigenvalue weighted by atomic mass is 16.6. The lowest BCUT2D eigenvalue weighted by Gasteiger charge is -2.13. The van der Waals surface area contributed by atoms with Gasteiger partial charge in [0, 0.05) is 24.2 Å². The summed E-state index contributed by atoms with van der Waals surface area (Å²) in [5.41, 5.74) is 0.366. The van der Waals surface area contributed by atoms with Gasteiger partial charge in [0.1, 0.15) is 5.75 Å². The van der Waals surface area contributed by atoms with E-state index in [2.05, 4.69) is 0 Å². The van der Waals surface area contributed by atoms with Gasteiger partial charge in [0.05, 0.1) is 17.5 Å². The first-order valence-electron chi connectivity index (χ1n) is 4.56. The molecule has 0 unspecified atom stereocenters. The first-order chi connectivity index (χ1) is 7.54. The summed E-state index contributed by atoms with van der Waals surface area (Å²) in [6.45, 7) is 0.489. The second kappa shape index (κ2) is 5.09. The van der Waals surface area contributed by atoms with Gasteiger partial charge in [-0.25, -0.2) is 0 Å². The van der Waals surface area contributed by atoms with Crippen LogP contribution in [0, 0.1) is 21.4 Å². The predicted octanol–water partition coefficient (Wildman–Crippen LogP) is 1.26. The van der Waals surface area contributed by atoms with Crippen molar-refractivity contribution < 1.29 is 10.0 Å². The van der Waals surface area contributed by atoms with Crippen molar-refractivity contribution in [2.75, 3.05) is 13.6 Å². The number of nitrogens with zero attached hydrogens (tertiary/aromatic N) is 3. The Balaban J connectivity index is 2.91. The fourth-order valence-electron chi connectivity index (χ4n) is 1.28. The summed E-state index contributed by atoms with van der Waals surface area (Å²) < 4.78 is 0. The van der Waals surface area contributed by atoms with Crippen LogP contribution in [-0.4, -0.2) is 28.5 Å². The van der Waals surface area contributed by atoms with E-state index in [4.69, 9.17) is 5.26 Å². The molecular formula is C10H11N3O3. The van der Waals surface area contributed by atoms with Crippen molar-refractivity contribution in [3.8, 4) is 11.8 Å². The van der Waals surface area contributed by atoms with E-state index >= 15 is 0 Å². The smallest absolute Gasteiger partial charge is 0.270 e. The Labute approximate surface area is 92.5 Å². The minimum Gasteiger partial charge on any atom is -0.508 e. The van der Waals surface area contributed by atoms with E-state index in [0.717, 1.165) is 0 Å². The van der Waals surface area contributed by atoms with Gasteiger partial charge in [-0.1, -0.05) is 0 Å². The highest BCUT2D eigenvalue weighted by Crippen LogP contribution is 2.23. The first-order valence-corrected chi connectivity index (χ1v) is 4.56. The van der Waals surface area contributed by atoms with Crippen LogP contribution in [0.15, 0.2) is 18.2 Å². The lowest BCUT2D eigenvalue weighted by Crippen LogP contribution is -2.17. The van der Waals surface area contributed by atoms with E-state index in [1.54, 1.807) is 11.9 Å². The SMILES string of the molecule is CN(CC#N)Cc1cc([N+](=O)[O-])ccc1O. The number of rotatable bonds is 4. The maximum Gasteiger partial charge on any atom is 0.270 e. The molecule has 0 saturated heterocycles. The van der Waals surface area contributed by atoms with Crippen molar-refractivity contribution in [2.45, 2.75) is 6.54 Å². The Bertz CT molecular complexity index is 439. The van der Waals surface area contributed by atoms with E-state index in [1.807, 2.05) is 6.07 Å². The highest BCUT2D eigenvalue weighted by molar-refractivity contribution is 5.42. The summed E-state index contributed by atoms with van der Waals surface area (Å²) in [5.74, 6) is -0.00427. The zero-order chi connectivity index (χ0) is 12.1. The standard InChI is InChI=1S/C10H11N3O3/c1-12(5-4-11)7-8-6-9(13(15)16)2-3-10(8)14/h2-3,6,14H,5,7H2,1H3. The lowest BCUT2D eigenvalue weighted by molar-refractivity contribution is -0.385. The van der Waals surface area contributed by atoms with Crippen LogP contribution in [-0.2, 0) is 6.54 Å². The molecule has 0 aliphatic rings. The largest absolute Gasteiger partial charge is 0.508 e. The molecule has 6 heteroatoms. The molecule has 0 fully saturated rings. The van der Waals surface area contributed by atoms with Crippen molar-refractivity contribution >= 4 is 5.69 Å². The van der Waals surface area contributed by atoms with Crippen LogP contribution in [0.1, 0.15) is 5.56 Å². The zero-order valence-electron chi connectivity index (χ0n) is 8.75. The Morgan fingerprint density at radius 3 is 2.88 bits per heavy atom. The number of nitro benzene ring substituents is 1. The third-order valence-corrected chi connectivity index (χ3v) is 2.05. The molecule has 0 aliphatic heterocycles. The number of aromatic hydroxyl groups is 1. The second-order valence-corrected chi connectivity index (χ2v) is 3.40. The van der Waals surface area contributed by atoms with Crippen LogP contribution < -0.4 is 0 Å². The molecule has 1 rings (SSSR count). The monoisotopic (exact) mass is 221 g/mol. The Hall–Kier alpha value is -2.13. The molecule has 0 bridgehead atoms. The maximum absolute atomic E-state index is 10.5. The van der Waals surface area contributed by atoms with Crippen LogP contribution in [0.3, 0.4) is 0 Å². The molecule has 84 valence electrons. The molecule has 0 aromatic heterocycles. The number of non-ortho nitro benzene ring substituents is 1. The summed E-state index contributed by atoms with van der Waals surface area (Å²) in [6, 6.07) is 5.79. The quantitative estimate of drug-likeness (QED) is 0.469. The predicted molar refractivity (Wildman–Crippen MR) is 56.7 cm³/mol. The number of phenols is 1. The lowest BCUT2D eigenvalue weighted by atomic mass is 10.1. The number of benzene rings is 1. The van der Waals surface area contributed by atoms with Crippen molar-refractivity contribution in [1.29, 1.82) is 5.26 Å². The Morgan fingerprint density at radius 2 is 2.31 bits per heavy atom. The molecular weight excluding hydrogens is 210 g/mol. The van der Waals surface area contributed by atoms with Crippen LogP contribution in [0.25, 0.3) is 0 Å². The van der Waals surface area contributed by atoms with Gasteiger partial charge < -0.3 is 5.11 Å². The topological polar surface area (TPSA) is 90.4 Å². The van der Waals surface area contributed by atoms with Crippen LogP contribution in [0.2, 0.25) is 0 Å². The zero-order valence-corrected chi connectivity index (χ0v) is 8.75. The van der Waals surface area contributed by atoms with Crippen molar-refractivity contribution in [3.05, 3.63) is 33.9 Å². The summed E-state index contributed by atoms with van der Waals surface area (Å²) in [6.07, 6.45) is 0. The third-order valence-electron chi connectivity index (χ3n) is 2.05. The fourth-order valence-corrected chi connectivity index (χ4v) is 1.28. The molecule has 1 aromatic carbocycles. The molecule has 0 aliphatic carbocycles. The Morgan fingerprint density at radius 1 is 1.62 bits per heavy atom. The minimum atomic E-state index is -0.521. The van der Waals surface area contributed by atoms with Gasteiger partial charge in [-0.2, -0.15) is 5.26 Å². The van der Waals surface area contributed by atoms with E-state index in [0.29, 0.717) is 12.1 Å². The molecule has 0 radical (unpaired) electrons. The van der Waals surface area contributed by atoms with Gasteiger partial charge in [0.2, 0.25) is 0 Å². The van der Waals surface area contributed by atoms with Gasteiger partial charge >= 0.3 is 0 Å². The summed E-state index contributed by atoms with van der Waals surface area (Å²) in [5, 5.41) is 28.5. The summed E-state index contributed by atoms with van der Waals surface area (Å²) >= 11 is 0. The fraction of sp³-hybridized carbons (Fsp3) is 0.300. The number of hydrogen-bond donors (Lipinski definition) is 1. The molecule has 1 N–H and O–H groups in total. The molecule has 1 aromatic rings. The normalized spacial score (nSPS) is 10.1. The minimum absolute atomic E-state index is 0.00427. The average Bonchev–Trinajstić information content (AvgIpc) is 2.21. The van der Waals surface area contributed by atoms with Gasteiger partial charge in [-0.15, -0.1) is 0 Å². The molecule has 0 saturated carbocycles. The van der Waals surface area contributed by atoms with Gasteiger partial charge in [0.25, 0.3) is 5.69 Å².